The summed E-state index contributed by atoms with van der Waals surface area (Å²) < 4.78 is 32.3. The van der Waals surface area contributed by atoms with Gasteiger partial charge in [-0.1, -0.05) is 0 Å². The molecule has 0 spiro atoms. The summed E-state index contributed by atoms with van der Waals surface area (Å²) in [5.41, 5.74) is 0.634. The Bertz CT molecular complexity index is 1080. The summed E-state index contributed by atoms with van der Waals surface area (Å²) in [6.45, 7) is 1.09. The van der Waals surface area contributed by atoms with Gasteiger partial charge in [0.2, 0.25) is 11.8 Å². The Morgan fingerprint density at radius 2 is 1.84 bits per heavy atom. The van der Waals surface area contributed by atoms with Crippen molar-refractivity contribution in [2.75, 3.05) is 37.1 Å². The number of thioether (sulfide) groups is 1. The Morgan fingerprint density at radius 1 is 1.12 bits per heavy atom. The molecule has 1 atom stereocenters. The van der Waals surface area contributed by atoms with Gasteiger partial charge < -0.3 is 15.0 Å². The highest BCUT2D eigenvalue weighted by Gasteiger charge is 2.35. The van der Waals surface area contributed by atoms with Crippen LogP contribution in [0, 0.1) is 0 Å². The lowest BCUT2D eigenvalue weighted by Crippen LogP contribution is -2.45. The van der Waals surface area contributed by atoms with Gasteiger partial charge in [0.05, 0.1) is 19.4 Å². The van der Waals surface area contributed by atoms with Crippen LogP contribution in [0.25, 0.3) is 0 Å². The van der Waals surface area contributed by atoms with E-state index >= 15 is 0 Å². The van der Waals surface area contributed by atoms with Gasteiger partial charge in [0.25, 0.3) is 10.0 Å². The fourth-order valence-electron chi connectivity index (χ4n) is 3.70. The number of nitrogens with zero attached hydrogens (tertiary/aromatic N) is 2. The molecule has 0 saturated carbocycles. The van der Waals surface area contributed by atoms with Gasteiger partial charge >= 0.3 is 0 Å². The van der Waals surface area contributed by atoms with Crippen LogP contribution in [-0.4, -0.2) is 67.3 Å². The second kappa shape index (κ2) is 9.82. The second-order valence-electron chi connectivity index (χ2n) is 7.61. The summed E-state index contributed by atoms with van der Waals surface area (Å²) >= 11 is 2.66. The van der Waals surface area contributed by atoms with E-state index in [0.717, 1.165) is 24.2 Å². The molecule has 2 aliphatic rings. The van der Waals surface area contributed by atoms with Gasteiger partial charge in [0, 0.05) is 29.4 Å². The zero-order chi connectivity index (χ0) is 22.7. The van der Waals surface area contributed by atoms with Crippen LogP contribution in [-0.2, 0) is 26.0 Å². The number of anilines is 1. The molecule has 11 heteroatoms. The topological polar surface area (TPSA) is 96.0 Å². The summed E-state index contributed by atoms with van der Waals surface area (Å²) in [7, 11) is -1.91. The van der Waals surface area contributed by atoms with Crippen LogP contribution < -0.4 is 10.1 Å². The van der Waals surface area contributed by atoms with E-state index in [1.165, 1.54) is 16.1 Å². The predicted octanol–water partition coefficient (Wildman–Crippen LogP) is 2.62. The van der Waals surface area contributed by atoms with Crippen molar-refractivity contribution >= 4 is 50.6 Å². The largest absolute Gasteiger partial charge is 0.497 e. The van der Waals surface area contributed by atoms with Crippen molar-refractivity contribution in [3.63, 3.8) is 0 Å². The molecule has 1 aromatic carbocycles. The van der Waals surface area contributed by atoms with E-state index in [1.54, 1.807) is 48.4 Å². The average molecular weight is 496 g/mol. The number of hydrogen-bond donors (Lipinski definition) is 1. The number of carbonyl (C=O) groups is 2. The molecule has 0 radical (unpaired) electrons. The lowest BCUT2D eigenvalue weighted by atomic mass is 10.2. The van der Waals surface area contributed by atoms with Crippen molar-refractivity contribution in [1.82, 2.24) is 9.21 Å². The summed E-state index contributed by atoms with van der Waals surface area (Å²) in [5, 5.41) is 2.86. The van der Waals surface area contributed by atoms with E-state index in [2.05, 4.69) is 5.32 Å². The first kappa shape index (κ1) is 23.1. The van der Waals surface area contributed by atoms with Crippen molar-refractivity contribution in [3.05, 3.63) is 41.3 Å². The first-order valence-electron chi connectivity index (χ1n) is 10.3. The first-order valence-corrected chi connectivity index (χ1v) is 13.7. The van der Waals surface area contributed by atoms with Gasteiger partial charge in [-0.25, -0.2) is 8.42 Å². The number of ether oxygens (including phenoxy) is 1. The molecule has 172 valence electrons. The number of benzene rings is 1. The summed E-state index contributed by atoms with van der Waals surface area (Å²) in [4.78, 5) is 28.0. The lowest BCUT2D eigenvalue weighted by Gasteiger charge is -2.23. The second-order valence-corrected chi connectivity index (χ2v) is 11.9. The molecule has 8 nitrogen and oxygen atoms in total. The molecule has 1 aromatic heterocycles. The van der Waals surface area contributed by atoms with Gasteiger partial charge in [-0.3, -0.25) is 9.59 Å². The van der Waals surface area contributed by atoms with E-state index in [0.29, 0.717) is 41.0 Å². The molecule has 1 unspecified atom stereocenters. The number of hydrogen-bond acceptors (Lipinski definition) is 7. The van der Waals surface area contributed by atoms with Crippen LogP contribution >= 0.6 is 23.1 Å². The van der Waals surface area contributed by atoms with Gasteiger partial charge in [0.15, 0.2) is 0 Å². The van der Waals surface area contributed by atoms with E-state index in [1.807, 2.05) is 0 Å². The number of carbonyl (C=O) groups excluding carboxylic acids is 2. The quantitative estimate of drug-likeness (QED) is 0.634. The normalized spacial score (nSPS) is 19.3. The highest BCUT2D eigenvalue weighted by atomic mass is 32.2. The van der Waals surface area contributed by atoms with Gasteiger partial charge in [-0.15, -0.1) is 23.1 Å². The summed E-state index contributed by atoms with van der Waals surface area (Å²) in [5.74, 6) is 1.23. The van der Waals surface area contributed by atoms with Crippen LogP contribution in [0.4, 0.5) is 5.69 Å². The van der Waals surface area contributed by atoms with Crippen molar-refractivity contribution in [1.29, 1.82) is 0 Å². The van der Waals surface area contributed by atoms with Crippen LogP contribution in [0.2, 0.25) is 0 Å². The number of methoxy groups -OCH3 is 1. The Balaban J connectivity index is 1.39. The zero-order valence-electron chi connectivity index (χ0n) is 17.7. The minimum Gasteiger partial charge on any atom is -0.497 e. The van der Waals surface area contributed by atoms with E-state index in [9.17, 15) is 18.0 Å². The molecular formula is C21H25N3O5S3. The highest BCUT2D eigenvalue weighted by molar-refractivity contribution is 7.99. The molecule has 3 heterocycles. The molecular weight excluding hydrogens is 470 g/mol. The smallest absolute Gasteiger partial charge is 0.252 e. The first-order chi connectivity index (χ1) is 15.4. The molecule has 2 amide bonds. The Hall–Kier alpha value is -2.08. The maximum absolute atomic E-state index is 12.9. The number of nitrogens with one attached hydrogen (secondary N) is 1. The molecule has 2 fully saturated rings. The van der Waals surface area contributed by atoms with Crippen molar-refractivity contribution in [2.45, 2.75) is 29.5 Å². The number of thiophene rings is 1. The molecule has 4 rings (SSSR count). The third-order valence-electron chi connectivity index (χ3n) is 5.48. The molecule has 2 saturated heterocycles. The van der Waals surface area contributed by atoms with Gasteiger partial charge in [-0.2, -0.15) is 4.31 Å². The van der Waals surface area contributed by atoms with Crippen LogP contribution in [0.3, 0.4) is 0 Å². The van der Waals surface area contributed by atoms with Gasteiger partial charge in [0.1, 0.15) is 16.0 Å². The Labute approximate surface area is 196 Å². The Morgan fingerprint density at radius 3 is 2.53 bits per heavy atom. The molecule has 1 N–H and O–H groups in total. The minimum absolute atomic E-state index is 0.0765. The number of sulfonamides is 1. The van der Waals surface area contributed by atoms with Gasteiger partial charge in [-0.05, 0) is 49.2 Å². The molecule has 2 aliphatic heterocycles. The van der Waals surface area contributed by atoms with E-state index in [4.69, 9.17) is 4.74 Å². The average Bonchev–Trinajstić information content (AvgIpc) is 3.55. The minimum atomic E-state index is -3.49. The maximum atomic E-state index is 12.9. The zero-order valence-corrected chi connectivity index (χ0v) is 20.1. The lowest BCUT2D eigenvalue weighted by molar-refractivity contribution is -0.135. The van der Waals surface area contributed by atoms with Crippen LogP contribution in [0.5, 0.6) is 5.75 Å². The van der Waals surface area contributed by atoms with E-state index < -0.39 is 16.1 Å². The fraction of sp³-hybridized carbons (Fsp3) is 0.429. The SMILES string of the molecule is COc1ccc(NC(=O)C2CSCN2C(=O)Cc2ccc(S(=O)(=O)N3CCCC3)s2)cc1. The Kier molecular flexibility index (Phi) is 7.08. The molecule has 32 heavy (non-hydrogen) atoms. The predicted molar refractivity (Wildman–Crippen MR) is 126 cm³/mol. The van der Waals surface area contributed by atoms with E-state index in [-0.39, 0.29) is 22.4 Å². The van der Waals surface area contributed by atoms with Crippen LogP contribution in [0.1, 0.15) is 17.7 Å². The standard InChI is InChI=1S/C21H25N3O5S3/c1-29-16-6-4-15(5-7-16)22-21(26)18-13-30-14-24(18)19(25)12-17-8-9-20(31-17)32(27,28)23-10-2-3-11-23/h4-9,18H,2-3,10-14H2,1H3,(H,22,26). The third kappa shape index (κ3) is 4.95. The van der Waals surface area contributed by atoms with Crippen molar-refractivity contribution in [2.24, 2.45) is 0 Å². The molecule has 0 bridgehead atoms. The monoisotopic (exact) mass is 495 g/mol. The maximum Gasteiger partial charge on any atom is 0.252 e. The molecule has 2 aromatic rings. The van der Waals surface area contributed by atoms with Crippen LogP contribution in [0.15, 0.2) is 40.6 Å². The van der Waals surface area contributed by atoms with Crippen molar-refractivity contribution < 1.29 is 22.7 Å². The number of rotatable bonds is 7. The number of amides is 2. The fourth-order valence-corrected chi connectivity index (χ4v) is 7.90. The summed E-state index contributed by atoms with van der Waals surface area (Å²) in [6.07, 6.45) is 1.83. The summed E-state index contributed by atoms with van der Waals surface area (Å²) in [6, 6.07) is 9.72. The van der Waals surface area contributed by atoms with Crippen molar-refractivity contribution in [3.8, 4) is 5.75 Å². The highest BCUT2D eigenvalue weighted by Crippen LogP contribution is 2.29. The molecule has 0 aliphatic carbocycles. The third-order valence-corrected chi connectivity index (χ3v) is 9.95.